The summed E-state index contributed by atoms with van der Waals surface area (Å²) in [7, 11) is 0. The number of carbonyl (C=O) groups is 1. The van der Waals surface area contributed by atoms with Crippen LogP contribution in [0.2, 0.25) is 5.02 Å². The number of carbonyl (C=O) groups excluding carboxylic acids is 1. The molecule has 1 amide bonds. The molecular weight excluding hydrogens is 282 g/mol. The highest BCUT2D eigenvalue weighted by Crippen LogP contribution is 2.33. The first kappa shape index (κ1) is 12.7. The predicted octanol–water partition coefficient (Wildman–Crippen LogP) is 2.62. The minimum absolute atomic E-state index is 0.145. The van der Waals surface area contributed by atoms with Crippen molar-refractivity contribution in [2.24, 2.45) is 0 Å². The smallest absolute Gasteiger partial charge is 0.219 e. The summed E-state index contributed by atoms with van der Waals surface area (Å²) in [5.41, 5.74) is 0.873. The number of hydrogen-bond acceptors (Lipinski definition) is 4. The normalized spacial score (nSPS) is 16.1. The van der Waals surface area contributed by atoms with Gasteiger partial charge in [-0.05, 0) is 12.1 Å². The molecule has 1 aliphatic heterocycles. The molecule has 1 aliphatic rings. The lowest BCUT2D eigenvalue weighted by molar-refractivity contribution is -0.129. The monoisotopic (exact) mass is 295 g/mol. The quantitative estimate of drug-likeness (QED) is 0.811. The average Bonchev–Trinajstić information content (AvgIpc) is 2.84. The van der Waals surface area contributed by atoms with Gasteiger partial charge in [0.05, 0.1) is 9.72 Å². The molecule has 1 aromatic heterocycles. The number of rotatable bonds is 1. The van der Waals surface area contributed by atoms with E-state index in [1.165, 1.54) is 0 Å². The first-order valence-corrected chi connectivity index (χ1v) is 7.40. The summed E-state index contributed by atoms with van der Waals surface area (Å²) in [6.07, 6.45) is 0. The van der Waals surface area contributed by atoms with E-state index in [2.05, 4.69) is 9.88 Å². The third-order valence-electron chi connectivity index (χ3n) is 3.35. The third kappa shape index (κ3) is 2.40. The fourth-order valence-corrected chi connectivity index (χ4v) is 3.57. The lowest BCUT2D eigenvalue weighted by Gasteiger charge is -2.33. The molecule has 0 bridgehead atoms. The van der Waals surface area contributed by atoms with Crippen LogP contribution in [0.1, 0.15) is 6.92 Å². The highest BCUT2D eigenvalue weighted by molar-refractivity contribution is 7.22. The van der Waals surface area contributed by atoms with Crippen molar-refractivity contribution >= 4 is 44.2 Å². The van der Waals surface area contributed by atoms with Gasteiger partial charge in [0.25, 0.3) is 0 Å². The van der Waals surface area contributed by atoms with Gasteiger partial charge in [-0.3, -0.25) is 4.79 Å². The molecule has 0 aliphatic carbocycles. The molecule has 2 aromatic rings. The van der Waals surface area contributed by atoms with Gasteiger partial charge in [-0.1, -0.05) is 29.0 Å². The average molecular weight is 296 g/mol. The number of thiazole rings is 1. The molecule has 0 N–H and O–H groups in total. The molecule has 4 nitrogen and oxygen atoms in total. The predicted molar refractivity (Wildman–Crippen MR) is 79.1 cm³/mol. The van der Waals surface area contributed by atoms with Crippen LogP contribution in [0.4, 0.5) is 5.13 Å². The zero-order chi connectivity index (χ0) is 13.4. The topological polar surface area (TPSA) is 36.4 Å². The Morgan fingerprint density at radius 1 is 1.32 bits per heavy atom. The second-order valence-corrected chi connectivity index (χ2v) is 5.99. The summed E-state index contributed by atoms with van der Waals surface area (Å²) >= 11 is 7.80. The van der Waals surface area contributed by atoms with Gasteiger partial charge >= 0.3 is 0 Å². The summed E-state index contributed by atoms with van der Waals surface area (Å²) in [6.45, 7) is 4.80. The van der Waals surface area contributed by atoms with E-state index >= 15 is 0 Å². The number of fused-ring (bicyclic) bond motifs is 1. The van der Waals surface area contributed by atoms with E-state index in [-0.39, 0.29) is 5.91 Å². The Kier molecular flexibility index (Phi) is 3.33. The summed E-state index contributed by atoms with van der Waals surface area (Å²) in [6, 6.07) is 5.84. The summed E-state index contributed by atoms with van der Waals surface area (Å²) in [5, 5.41) is 1.69. The molecule has 2 heterocycles. The highest BCUT2D eigenvalue weighted by atomic mass is 35.5. The van der Waals surface area contributed by atoms with Gasteiger partial charge in [0, 0.05) is 33.1 Å². The zero-order valence-corrected chi connectivity index (χ0v) is 12.2. The van der Waals surface area contributed by atoms with Crippen LogP contribution in [0.3, 0.4) is 0 Å². The molecule has 1 saturated heterocycles. The molecule has 0 unspecified atom stereocenters. The van der Waals surface area contributed by atoms with E-state index in [4.69, 9.17) is 11.6 Å². The van der Waals surface area contributed by atoms with Crippen LogP contribution in [-0.2, 0) is 4.79 Å². The van der Waals surface area contributed by atoms with E-state index in [9.17, 15) is 4.79 Å². The number of anilines is 1. The number of para-hydroxylation sites is 1. The van der Waals surface area contributed by atoms with Crippen molar-refractivity contribution in [2.75, 3.05) is 31.1 Å². The number of benzene rings is 1. The standard InChI is InChI=1S/C13H14ClN3OS/c1-9(18)16-5-7-17(8-6-16)13-15-12-10(14)3-2-4-11(12)19-13/h2-4H,5-8H2,1H3. The second-order valence-electron chi connectivity index (χ2n) is 4.58. The SMILES string of the molecule is CC(=O)N1CCN(c2nc3c(Cl)cccc3s2)CC1. The van der Waals surface area contributed by atoms with Crippen molar-refractivity contribution in [1.29, 1.82) is 0 Å². The van der Waals surface area contributed by atoms with Gasteiger partial charge in [-0.15, -0.1) is 0 Å². The zero-order valence-electron chi connectivity index (χ0n) is 10.6. The molecule has 0 atom stereocenters. The van der Waals surface area contributed by atoms with Crippen LogP contribution in [0.15, 0.2) is 18.2 Å². The molecule has 100 valence electrons. The van der Waals surface area contributed by atoms with Crippen molar-refractivity contribution in [3.05, 3.63) is 23.2 Å². The number of hydrogen-bond donors (Lipinski definition) is 0. The van der Waals surface area contributed by atoms with Crippen molar-refractivity contribution < 1.29 is 4.79 Å². The number of nitrogens with zero attached hydrogens (tertiary/aromatic N) is 3. The summed E-state index contributed by atoms with van der Waals surface area (Å²) in [5.74, 6) is 0.145. The van der Waals surface area contributed by atoms with Crippen LogP contribution >= 0.6 is 22.9 Å². The maximum atomic E-state index is 11.3. The molecular formula is C13H14ClN3OS. The minimum atomic E-state index is 0.145. The molecule has 6 heteroatoms. The van der Waals surface area contributed by atoms with Gasteiger partial charge in [0.1, 0.15) is 5.52 Å². The maximum absolute atomic E-state index is 11.3. The Hall–Kier alpha value is -1.33. The molecule has 0 saturated carbocycles. The number of amides is 1. The lowest BCUT2D eigenvalue weighted by atomic mass is 10.3. The summed E-state index contributed by atoms with van der Waals surface area (Å²) in [4.78, 5) is 20.0. The fourth-order valence-electron chi connectivity index (χ4n) is 2.25. The van der Waals surface area contributed by atoms with E-state index < -0.39 is 0 Å². The van der Waals surface area contributed by atoms with Crippen LogP contribution in [0.25, 0.3) is 10.2 Å². The van der Waals surface area contributed by atoms with E-state index in [1.54, 1.807) is 18.3 Å². The molecule has 19 heavy (non-hydrogen) atoms. The first-order chi connectivity index (χ1) is 9.15. The van der Waals surface area contributed by atoms with Gasteiger partial charge < -0.3 is 9.80 Å². The molecule has 1 aromatic carbocycles. The van der Waals surface area contributed by atoms with Crippen molar-refractivity contribution in [1.82, 2.24) is 9.88 Å². The fraction of sp³-hybridized carbons (Fsp3) is 0.385. The Bertz CT molecular complexity index is 619. The largest absolute Gasteiger partial charge is 0.345 e. The van der Waals surface area contributed by atoms with Gasteiger partial charge in [-0.2, -0.15) is 0 Å². The van der Waals surface area contributed by atoms with Gasteiger partial charge in [0.15, 0.2) is 5.13 Å². The van der Waals surface area contributed by atoms with Crippen molar-refractivity contribution in [2.45, 2.75) is 6.92 Å². The van der Waals surface area contributed by atoms with Gasteiger partial charge in [-0.25, -0.2) is 4.98 Å². The second kappa shape index (κ2) is 4.98. The number of piperazine rings is 1. The van der Waals surface area contributed by atoms with Crippen LogP contribution in [0, 0.1) is 0 Å². The Balaban J connectivity index is 1.82. The summed E-state index contributed by atoms with van der Waals surface area (Å²) < 4.78 is 1.11. The first-order valence-electron chi connectivity index (χ1n) is 6.20. The maximum Gasteiger partial charge on any atom is 0.219 e. The van der Waals surface area contributed by atoms with Crippen molar-refractivity contribution in [3.63, 3.8) is 0 Å². The van der Waals surface area contributed by atoms with E-state index in [0.717, 1.165) is 41.5 Å². The Labute approximate surface area is 120 Å². The Morgan fingerprint density at radius 3 is 2.68 bits per heavy atom. The van der Waals surface area contributed by atoms with Crippen LogP contribution < -0.4 is 4.90 Å². The molecule has 3 rings (SSSR count). The Morgan fingerprint density at radius 2 is 2.05 bits per heavy atom. The molecule has 1 fully saturated rings. The lowest BCUT2D eigenvalue weighted by Crippen LogP contribution is -2.48. The third-order valence-corrected chi connectivity index (χ3v) is 4.74. The van der Waals surface area contributed by atoms with E-state index in [0.29, 0.717) is 5.02 Å². The van der Waals surface area contributed by atoms with Gasteiger partial charge in [0.2, 0.25) is 5.91 Å². The van der Waals surface area contributed by atoms with Crippen LogP contribution in [0.5, 0.6) is 0 Å². The highest BCUT2D eigenvalue weighted by Gasteiger charge is 2.21. The minimum Gasteiger partial charge on any atom is -0.345 e. The number of aromatic nitrogens is 1. The molecule has 0 radical (unpaired) electrons. The van der Waals surface area contributed by atoms with Crippen LogP contribution in [-0.4, -0.2) is 42.0 Å². The van der Waals surface area contributed by atoms with E-state index in [1.807, 2.05) is 23.1 Å². The van der Waals surface area contributed by atoms with Crippen molar-refractivity contribution in [3.8, 4) is 0 Å². The molecule has 0 spiro atoms. The number of halogens is 1.